The van der Waals surface area contributed by atoms with Gasteiger partial charge >= 0.3 is 0 Å². The highest BCUT2D eigenvalue weighted by Gasteiger charge is 2.09. The van der Waals surface area contributed by atoms with Crippen LogP contribution in [0.3, 0.4) is 0 Å². The fraction of sp³-hybridized carbons (Fsp3) is 0.286. The van der Waals surface area contributed by atoms with Gasteiger partial charge in [-0.05, 0) is 32.4 Å². The third-order valence-electron chi connectivity index (χ3n) is 2.73. The molecule has 1 heterocycles. The number of carbonyl (C=O) groups excluding carboxylic acids is 1. The molecule has 0 bridgehead atoms. The average molecular weight is 278 g/mol. The lowest BCUT2D eigenvalue weighted by atomic mass is 10.2. The van der Waals surface area contributed by atoms with Crippen molar-refractivity contribution in [3.05, 3.63) is 45.7 Å². The highest BCUT2D eigenvalue weighted by molar-refractivity contribution is 7.11. The van der Waals surface area contributed by atoms with Crippen molar-refractivity contribution in [3.8, 4) is 0 Å². The number of hydrogen-bond donors (Lipinski definition) is 1. The number of aromatic nitrogens is 1. The Morgan fingerprint density at radius 3 is 2.74 bits per heavy atom. The number of thiazole rings is 1. The summed E-state index contributed by atoms with van der Waals surface area (Å²) in [6.45, 7) is 3.88. The first-order chi connectivity index (χ1) is 9.06. The van der Waals surface area contributed by atoms with Crippen molar-refractivity contribution in [1.29, 1.82) is 0 Å². The number of nitrogens with zero attached hydrogens (tertiary/aromatic N) is 1. The van der Waals surface area contributed by atoms with E-state index >= 15 is 0 Å². The maximum atomic E-state index is 13.4. The lowest BCUT2D eigenvalue weighted by Gasteiger charge is -2.05. The Kier molecular flexibility index (Phi) is 4.27. The average Bonchev–Trinajstić information content (AvgIpc) is 2.68. The Balaban J connectivity index is 1.92. The summed E-state index contributed by atoms with van der Waals surface area (Å²) < 4.78 is 13.4. The summed E-state index contributed by atoms with van der Waals surface area (Å²) in [7, 11) is 0. The van der Waals surface area contributed by atoms with Crippen LogP contribution in [0.25, 0.3) is 0 Å². The monoisotopic (exact) mass is 278 g/mol. The lowest BCUT2D eigenvalue weighted by molar-refractivity contribution is -0.116. The summed E-state index contributed by atoms with van der Waals surface area (Å²) in [4.78, 5) is 17.2. The van der Waals surface area contributed by atoms with Crippen LogP contribution in [0.5, 0.6) is 0 Å². The molecular formula is C14H15FN2OS. The molecule has 0 saturated heterocycles. The van der Waals surface area contributed by atoms with Crippen LogP contribution >= 0.6 is 11.3 Å². The van der Waals surface area contributed by atoms with Crippen LogP contribution in [0.4, 0.5) is 10.1 Å². The molecule has 2 aromatic rings. The molecule has 0 aliphatic carbocycles. The Hall–Kier alpha value is -1.75. The van der Waals surface area contributed by atoms with Gasteiger partial charge in [-0.1, -0.05) is 12.1 Å². The smallest absolute Gasteiger partial charge is 0.224 e. The molecule has 0 spiro atoms. The van der Waals surface area contributed by atoms with Crippen LogP contribution in [-0.4, -0.2) is 10.9 Å². The van der Waals surface area contributed by atoms with Crippen molar-refractivity contribution in [2.24, 2.45) is 0 Å². The number of amides is 1. The zero-order valence-electron chi connectivity index (χ0n) is 10.9. The molecule has 3 nitrogen and oxygen atoms in total. The van der Waals surface area contributed by atoms with Crippen molar-refractivity contribution >= 4 is 22.9 Å². The molecule has 5 heteroatoms. The molecule has 1 N–H and O–H groups in total. The highest BCUT2D eigenvalue weighted by Crippen LogP contribution is 2.19. The van der Waals surface area contributed by atoms with Gasteiger partial charge in [0.2, 0.25) is 5.91 Å². The van der Waals surface area contributed by atoms with Crippen molar-refractivity contribution in [3.63, 3.8) is 0 Å². The van der Waals surface area contributed by atoms with Gasteiger partial charge < -0.3 is 5.32 Å². The minimum atomic E-state index is -0.416. The summed E-state index contributed by atoms with van der Waals surface area (Å²) in [5.41, 5.74) is 1.20. The van der Waals surface area contributed by atoms with Crippen LogP contribution in [0.1, 0.15) is 22.0 Å². The van der Waals surface area contributed by atoms with Gasteiger partial charge in [-0.2, -0.15) is 0 Å². The van der Waals surface area contributed by atoms with Gasteiger partial charge in [-0.15, -0.1) is 11.3 Å². The molecule has 19 heavy (non-hydrogen) atoms. The largest absolute Gasteiger partial charge is 0.324 e. The molecule has 1 amide bonds. The summed E-state index contributed by atoms with van der Waals surface area (Å²) in [5, 5.41) is 3.58. The van der Waals surface area contributed by atoms with Gasteiger partial charge in [0.05, 0.1) is 16.4 Å². The highest BCUT2D eigenvalue weighted by atomic mass is 32.1. The second-order valence-corrected chi connectivity index (χ2v) is 5.56. The second kappa shape index (κ2) is 5.93. The van der Waals surface area contributed by atoms with Gasteiger partial charge in [0.1, 0.15) is 5.82 Å². The van der Waals surface area contributed by atoms with Crippen LogP contribution < -0.4 is 5.32 Å². The van der Waals surface area contributed by atoms with Crippen LogP contribution in [0, 0.1) is 19.7 Å². The van der Waals surface area contributed by atoms with Crippen molar-refractivity contribution in [2.45, 2.75) is 26.7 Å². The van der Waals surface area contributed by atoms with Crippen LogP contribution in [0.15, 0.2) is 24.3 Å². The topological polar surface area (TPSA) is 42.0 Å². The molecular weight excluding hydrogens is 263 g/mol. The van der Waals surface area contributed by atoms with Crippen molar-refractivity contribution in [1.82, 2.24) is 4.98 Å². The van der Waals surface area contributed by atoms with Crippen LogP contribution in [-0.2, 0) is 11.2 Å². The Morgan fingerprint density at radius 1 is 1.37 bits per heavy atom. The zero-order valence-corrected chi connectivity index (χ0v) is 11.7. The normalized spacial score (nSPS) is 10.5. The molecule has 0 aliphatic rings. The maximum Gasteiger partial charge on any atom is 0.224 e. The number of nitrogens with one attached hydrogen (secondary N) is 1. The molecule has 0 atom stereocenters. The van der Waals surface area contributed by atoms with Gasteiger partial charge in [0, 0.05) is 11.3 Å². The quantitative estimate of drug-likeness (QED) is 0.930. The Morgan fingerprint density at radius 2 is 2.11 bits per heavy atom. The van der Waals surface area contributed by atoms with Gasteiger partial charge in [0.25, 0.3) is 0 Å². The molecule has 1 aromatic heterocycles. The fourth-order valence-corrected chi connectivity index (χ4v) is 2.74. The first kappa shape index (κ1) is 13.7. The van der Waals surface area contributed by atoms with E-state index in [1.165, 1.54) is 6.07 Å². The number of rotatable bonds is 4. The fourth-order valence-electron chi connectivity index (χ4n) is 1.81. The molecule has 2 rings (SSSR count). The summed E-state index contributed by atoms with van der Waals surface area (Å²) in [6, 6.07) is 6.16. The predicted octanol–water partition coefficient (Wildman–Crippen LogP) is 3.47. The number of halogens is 1. The predicted molar refractivity (Wildman–Crippen MR) is 74.9 cm³/mol. The number of benzene rings is 1. The molecule has 0 fully saturated rings. The van der Waals surface area contributed by atoms with E-state index in [1.807, 2.05) is 13.8 Å². The third-order valence-corrected chi connectivity index (χ3v) is 3.86. The summed E-state index contributed by atoms with van der Waals surface area (Å²) in [5.74, 6) is -0.601. The Bertz CT molecular complexity index is 595. The van der Waals surface area contributed by atoms with E-state index in [4.69, 9.17) is 0 Å². The third kappa shape index (κ3) is 3.61. The summed E-state index contributed by atoms with van der Waals surface area (Å²) in [6.07, 6.45) is 0.967. The van der Waals surface area contributed by atoms with E-state index in [-0.39, 0.29) is 11.6 Å². The number of para-hydroxylation sites is 1. The number of carbonyl (C=O) groups is 1. The van der Waals surface area contributed by atoms with E-state index in [2.05, 4.69) is 10.3 Å². The van der Waals surface area contributed by atoms with Crippen molar-refractivity contribution in [2.75, 3.05) is 5.32 Å². The maximum absolute atomic E-state index is 13.4. The molecule has 100 valence electrons. The van der Waals surface area contributed by atoms with Crippen molar-refractivity contribution < 1.29 is 9.18 Å². The van der Waals surface area contributed by atoms with Gasteiger partial charge in [-0.3, -0.25) is 4.79 Å². The minimum Gasteiger partial charge on any atom is -0.324 e. The second-order valence-electron chi connectivity index (χ2n) is 4.27. The first-order valence-corrected chi connectivity index (χ1v) is 6.85. The van der Waals surface area contributed by atoms with E-state index < -0.39 is 5.82 Å². The molecule has 0 saturated carbocycles. The van der Waals surface area contributed by atoms with E-state index in [1.54, 1.807) is 29.5 Å². The van der Waals surface area contributed by atoms with Crippen LogP contribution in [0.2, 0.25) is 0 Å². The molecule has 0 radical (unpaired) electrons. The minimum absolute atomic E-state index is 0.185. The first-order valence-electron chi connectivity index (χ1n) is 6.03. The SMILES string of the molecule is Cc1nc(C)c(CCC(=O)Nc2ccccc2F)s1. The number of anilines is 1. The molecule has 0 unspecified atom stereocenters. The zero-order chi connectivity index (χ0) is 13.8. The van der Waals surface area contributed by atoms with E-state index in [9.17, 15) is 9.18 Å². The number of hydrogen-bond acceptors (Lipinski definition) is 3. The lowest BCUT2D eigenvalue weighted by Crippen LogP contribution is -2.13. The molecule has 1 aromatic carbocycles. The van der Waals surface area contributed by atoms with Gasteiger partial charge in [-0.25, -0.2) is 9.37 Å². The van der Waals surface area contributed by atoms with Gasteiger partial charge in [0.15, 0.2) is 0 Å². The summed E-state index contributed by atoms with van der Waals surface area (Å²) >= 11 is 1.60. The standard InChI is InChI=1S/C14H15FN2OS/c1-9-13(19-10(2)16-9)7-8-14(18)17-12-6-4-3-5-11(12)15/h3-6H,7-8H2,1-2H3,(H,17,18). The van der Waals surface area contributed by atoms with E-state index in [0.29, 0.717) is 12.8 Å². The Labute approximate surface area is 115 Å². The molecule has 0 aliphatic heterocycles. The van der Waals surface area contributed by atoms with E-state index in [0.717, 1.165) is 15.6 Å². The number of aryl methyl sites for hydroxylation is 3.